The van der Waals surface area contributed by atoms with Crippen molar-refractivity contribution >= 4 is 78.0 Å². The average molecular weight is 749 g/mol. The van der Waals surface area contributed by atoms with Crippen molar-refractivity contribution in [2.75, 3.05) is 49.4 Å². The number of aryl methyl sites for hydroxylation is 2. The van der Waals surface area contributed by atoms with Crippen molar-refractivity contribution in [2.45, 2.75) is 47.0 Å². The first-order chi connectivity index (χ1) is 26.6. The van der Waals surface area contributed by atoms with Crippen LogP contribution >= 0.6 is 11.3 Å². The molecule has 0 saturated heterocycles. The zero-order valence-corrected chi connectivity index (χ0v) is 32.7. The Morgan fingerprint density at radius 3 is 2.00 bits per heavy atom. The van der Waals surface area contributed by atoms with E-state index < -0.39 is 0 Å². The number of nitrogens with zero attached hydrogens (tertiary/aromatic N) is 2. The number of anilines is 6. The molecule has 11 rings (SSSR count). The van der Waals surface area contributed by atoms with Gasteiger partial charge in [-0.05, 0) is 102 Å². The molecule has 6 heterocycles. The van der Waals surface area contributed by atoms with Crippen LogP contribution < -0.4 is 53.9 Å². The van der Waals surface area contributed by atoms with Crippen LogP contribution in [0.15, 0.2) is 66.7 Å². The first-order valence-electron chi connectivity index (χ1n) is 19.2. The first kappa shape index (κ1) is 32.9. The van der Waals surface area contributed by atoms with E-state index in [1.54, 1.807) is 0 Å². The third kappa shape index (κ3) is 4.83. The summed E-state index contributed by atoms with van der Waals surface area (Å²) in [7, 11) is 0. The van der Waals surface area contributed by atoms with Gasteiger partial charge < -0.3 is 38.2 Å². The number of fused-ring (bicyclic) bond motifs is 9. The van der Waals surface area contributed by atoms with Crippen molar-refractivity contribution in [1.29, 1.82) is 0 Å². The van der Waals surface area contributed by atoms with Crippen LogP contribution in [0.25, 0.3) is 10.1 Å². The number of rotatable bonds is 2. The molecule has 55 heavy (non-hydrogen) atoms. The fourth-order valence-corrected chi connectivity index (χ4v) is 10.4. The predicted molar refractivity (Wildman–Crippen MR) is 222 cm³/mol. The highest BCUT2D eigenvalue weighted by Gasteiger charge is 2.47. The standard InChI is InChI=1S/C45H41BN2O6S/c1-24-17-32-40-33(18-24)48(41-25(2)19-38-43(26(41)3)54-16-15-53-38)42-29-20-27(45(4,5)6)7-10-39(29)55-44(42)46(40)30-22-36-37(52-14-13-51-36)23-31(30)47(32)28-8-9-34-35(21-28)50-12-11-49-34/h7-10,17-23H,11-16H2,1-6H3. The molecule has 5 aliphatic heterocycles. The zero-order valence-electron chi connectivity index (χ0n) is 31.9. The van der Waals surface area contributed by atoms with E-state index >= 15 is 0 Å². The van der Waals surface area contributed by atoms with E-state index in [0.29, 0.717) is 39.6 Å². The Balaban J connectivity index is 1.26. The molecule has 0 fully saturated rings. The molecule has 0 unspecified atom stereocenters. The van der Waals surface area contributed by atoms with Gasteiger partial charge >= 0.3 is 0 Å². The summed E-state index contributed by atoms with van der Waals surface area (Å²) in [5, 5.41) is 1.25. The van der Waals surface area contributed by atoms with E-state index in [0.717, 1.165) is 79.6 Å². The van der Waals surface area contributed by atoms with E-state index in [4.69, 9.17) is 28.4 Å². The number of benzene rings is 5. The third-order valence-electron chi connectivity index (χ3n) is 11.6. The molecule has 0 amide bonds. The molecular formula is C45H41BN2O6S. The van der Waals surface area contributed by atoms with E-state index in [9.17, 15) is 0 Å². The maximum atomic E-state index is 6.36. The molecule has 1 aromatic heterocycles. The van der Waals surface area contributed by atoms with E-state index in [1.165, 1.54) is 37.0 Å². The quantitative estimate of drug-likeness (QED) is 0.163. The minimum absolute atomic E-state index is 0.0228. The summed E-state index contributed by atoms with van der Waals surface area (Å²) in [6, 6.07) is 24.6. The Labute approximate surface area is 325 Å². The summed E-state index contributed by atoms with van der Waals surface area (Å²) in [5.74, 6) is 4.68. The highest BCUT2D eigenvalue weighted by molar-refractivity contribution is 7.33. The van der Waals surface area contributed by atoms with Crippen LogP contribution in [0.5, 0.6) is 34.5 Å². The summed E-state index contributed by atoms with van der Waals surface area (Å²) < 4.78 is 39.8. The molecule has 0 atom stereocenters. The number of ether oxygens (including phenoxy) is 6. The van der Waals surface area contributed by atoms with Crippen molar-refractivity contribution < 1.29 is 28.4 Å². The van der Waals surface area contributed by atoms with Gasteiger partial charge in [-0.1, -0.05) is 26.8 Å². The second kappa shape index (κ2) is 11.8. The normalized spacial score (nSPS) is 16.1. The smallest absolute Gasteiger partial charge is 0.264 e. The van der Waals surface area contributed by atoms with Gasteiger partial charge in [0.25, 0.3) is 6.71 Å². The number of hydrogen-bond acceptors (Lipinski definition) is 9. The average Bonchev–Trinajstić information content (AvgIpc) is 3.56. The maximum absolute atomic E-state index is 6.36. The molecule has 5 aliphatic rings. The minimum atomic E-state index is -0.0653. The molecule has 6 aromatic rings. The van der Waals surface area contributed by atoms with Crippen LogP contribution in [-0.4, -0.2) is 46.4 Å². The molecular weight excluding hydrogens is 707 g/mol. The topological polar surface area (TPSA) is 61.9 Å². The van der Waals surface area contributed by atoms with Gasteiger partial charge in [0.15, 0.2) is 34.5 Å². The first-order valence-corrected chi connectivity index (χ1v) is 20.0. The highest BCUT2D eigenvalue weighted by Crippen LogP contribution is 2.53. The van der Waals surface area contributed by atoms with Gasteiger partial charge in [0.1, 0.15) is 39.6 Å². The molecule has 0 spiro atoms. The van der Waals surface area contributed by atoms with Crippen LogP contribution in [0.1, 0.15) is 43.0 Å². The van der Waals surface area contributed by atoms with Crippen LogP contribution in [0.2, 0.25) is 0 Å². The monoisotopic (exact) mass is 748 g/mol. The lowest BCUT2D eigenvalue weighted by Gasteiger charge is -2.44. The fourth-order valence-electron chi connectivity index (χ4n) is 9.14. The summed E-state index contributed by atoms with van der Waals surface area (Å²) >= 11 is 1.89. The van der Waals surface area contributed by atoms with Gasteiger partial charge in [-0.25, -0.2) is 0 Å². The Kier molecular flexibility index (Phi) is 7.04. The van der Waals surface area contributed by atoms with E-state index in [2.05, 4.69) is 112 Å². The lowest BCUT2D eigenvalue weighted by molar-refractivity contribution is 0.170. The summed E-state index contributed by atoms with van der Waals surface area (Å²) in [6.07, 6.45) is 0. The Hall–Kier alpha value is -5.48. The molecule has 5 aromatic carbocycles. The number of thiophene rings is 1. The Morgan fingerprint density at radius 2 is 1.25 bits per heavy atom. The van der Waals surface area contributed by atoms with Crippen LogP contribution in [0.4, 0.5) is 34.1 Å². The van der Waals surface area contributed by atoms with Crippen molar-refractivity contribution in [3.05, 3.63) is 89.0 Å². The van der Waals surface area contributed by atoms with Crippen molar-refractivity contribution in [3.63, 3.8) is 0 Å². The summed E-state index contributed by atoms with van der Waals surface area (Å²) in [5.41, 5.74) is 13.7. The predicted octanol–water partition coefficient (Wildman–Crippen LogP) is 8.52. The van der Waals surface area contributed by atoms with Gasteiger partial charge in [0.05, 0.1) is 17.1 Å². The number of hydrogen-bond donors (Lipinski definition) is 0. The molecule has 0 saturated carbocycles. The van der Waals surface area contributed by atoms with Gasteiger partial charge in [0.2, 0.25) is 0 Å². The Morgan fingerprint density at radius 1 is 0.600 bits per heavy atom. The SMILES string of the molecule is Cc1cc2c3c(c1)N(c1c(C)cc4c(c1C)OCCO4)c1c(sc4ccc(C(C)(C)C)cc14)B3c1cc3c(cc1N2c1ccc2c(c1)OCCO2)OCCO3. The molecule has 10 heteroatoms. The van der Waals surface area contributed by atoms with Crippen molar-refractivity contribution in [2.24, 2.45) is 0 Å². The van der Waals surface area contributed by atoms with Gasteiger partial charge in [-0.2, -0.15) is 0 Å². The maximum Gasteiger partial charge on any atom is 0.264 e. The lowest BCUT2D eigenvalue weighted by atomic mass is 9.36. The highest BCUT2D eigenvalue weighted by atomic mass is 32.1. The van der Waals surface area contributed by atoms with E-state index in [1.807, 2.05) is 17.4 Å². The van der Waals surface area contributed by atoms with Gasteiger partial charge in [-0.3, -0.25) is 0 Å². The van der Waals surface area contributed by atoms with Crippen LogP contribution in [0, 0.1) is 20.8 Å². The molecule has 0 N–H and O–H groups in total. The van der Waals surface area contributed by atoms with Crippen molar-refractivity contribution in [1.82, 2.24) is 0 Å². The fraction of sp³-hybridized carbons (Fsp3) is 0.289. The second-order valence-corrected chi connectivity index (χ2v) is 17.3. The van der Waals surface area contributed by atoms with Crippen LogP contribution in [0.3, 0.4) is 0 Å². The van der Waals surface area contributed by atoms with Crippen molar-refractivity contribution in [3.8, 4) is 34.5 Å². The van der Waals surface area contributed by atoms with Crippen LogP contribution in [-0.2, 0) is 5.41 Å². The zero-order chi connectivity index (χ0) is 37.3. The van der Waals surface area contributed by atoms with Gasteiger partial charge in [0, 0.05) is 49.6 Å². The molecule has 0 bridgehead atoms. The minimum Gasteiger partial charge on any atom is -0.486 e. The molecule has 0 radical (unpaired) electrons. The third-order valence-corrected chi connectivity index (χ3v) is 12.8. The second-order valence-electron chi connectivity index (χ2n) is 16.2. The lowest BCUT2D eigenvalue weighted by Crippen LogP contribution is -2.60. The molecule has 8 nitrogen and oxygen atoms in total. The van der Waals surface area contributed by atoms with E-state index in [-0.39, 0.29) is 12.1 Å². The summed E-state index contributed by atoms with van der Waals surface area (Å²) in [6.45, 7) is 16.5. The Bertz CT molecular complexity index is 2630. The molecule has 276 valence electrons. The molecule has 0 aliphatic carbocycles. The van der Waals surface area contributed by atoms with Gasteiger partial charge in [-0.15, -0.1) is 11.3 Å². The summed E-state index contributed by atoms with van der Waals surface area (Å²) in [4.78, 5) is 4.92. The largest absolute Gasteiger partial charge is 0.486 e.